The Balaban J connectivity index is 1.58. The molecule has 0 aliphatic carbocycles. The molecule has 2 heterocycles. The van der Waals surface area contributed by atoms with Crippen LogP contribution in [0.15, 0.2) is 42.7 Å². The Labute approximate surface area is 149 Å². The number of anilines is 2. The van der Waals surface area contributed by atoms with Gasteiger partial charge in [-0.25, -0.2) is 9.97 Å². The molecule has 1 aromatic carbocycles. The Morgan fingerprint density at radius 2 is 1.76 bits per heavy atom. The van der Waals surface area contributed by atoms with Gasteiger partial charge < -0.3 is 9.80 Å². The molecule has 0 atom stereocenters. The van der Waals surface area contributed by atoms with Crippen LogP contribution in [-0.2, 0) is 4.79 Å². The van der Waals surface area contributed by atoms with Gasteiger partial charge in [0.05, 0.1) is 6.54 Å². The lowest BCUT2D eigenvalue weighted by molar-refractivity contribution is -0.119. The molecule has 6 heteroatoms. The van der Waals surface area contributed by atoms with E-state index in [-0.39, 0.29) is 5.91 Å². The lowest BCUT2D eigenvalue weighted by Gasteiger charge is -2.35. The minimum atomic E-state index is 0.154. The summed E-state index contributed by atoms with van der Waals surface area (Å²) in [5, 5.41) is 0. The smallest absolute Gasteiger partial charge is 0.241 e. The van der Waals surface area contributed by atoms with Gasteiger partial charge in [-0.15, -0.1) is 0 Å². The van der Waals surface area contributed by atoms with Gasteiger partial charge in [-0.05, 0) is 31.5 Å². The van der Waals surface area contributed by atoms with Gasteiger partial charge in [0, 0.05) is 50.8 Å². The topological polar surface area (TPSA) is 52.6 Å². The van der Waals surface area contributed by atoms with Crippen molar-refractivity contribution in [2.24, 2.45) is 0 Å². The molecular formula is C19H25N5O. The maximum Gasteiger partial charge on any atom is 0.241 e. The molecule has 0 N–H and O–H groups in total. The quantitative estimate of drug-likeness (QED) is 0.833. The predicted molar refractivity (Wildman–Crippen MR) is 99.9 cm³/mol. The molecule has 1 aliphatic rings. The van der Waals surface area contributed by atoms with Gasteiger partial charge in [0.25, 0.3) is 0 Å². The van der Waals surface area contributed by atoms with Crippen molar-refractivity contribution in [3.8, 4) is 0 Å². The van der Waals surface area contributed by atoms with Crippen LogP contribution < -0.4 is 9.80 Å². The van der Waals surface area contributed by atoms with Crippen LogP contribution in [0.4, 0.5) is 11.6 Å². The SMILES string of the molecule is CCN(C(=O)CN1CCN(c2ncccn2)CC1)c1ccccc1C. The van der Waals surface area contributed by atoms with Crippen molar-refractivity contribution in [3.05, 3.63) is 48.3 Å². The number of likely N-dealkylation sites (N-methyl/N-ethyl adjacent to an activating group) is 1. The zero-order chi connectivity index (χ0) is 17.6. The summed E-state index contributed by atoms with van der Waals surface area (Å²) >= 11 is 0. The Morgan fingerprint density at radius 3 is 2.40 bits per heavy atom. The first kappa shape index (κ1) is 17.4. The van der Waals surface area contributed by atoms with E-state index in [1.165, 1.54) is 0 Å². The van der Waals surface area contributed by atoms with E-state index in [0.717, 1.165) is 43.4 Å². The van der Waals surface area contributed by atoms with Crippen LogP contribution in [0.25, 0.3) is 0 Å². The molecule has 0 bridgehead atoms. The fraction of sp³-hybridized carbons (Fsp3) is 0.421. The number of carbonyl (C=O) groups excluding carboxylic acids is 1. The highest BCUT2D eigenvalue weighted by molar-refractivity contribution is 5.95. The van der Waals surface area contributed by atoms with E-state index in [4.69, 9.17) is 0 Å². The number of nitrogens with zero attached hydrogens (tertiary/aromatic N) is 5. The highest BCUT2D eigenvalue weighted by Crippen LogP contribution is 2.19. The number of hydrogen-bond donors (Lipinski definition) is 0. The van der Waals surface area contributed by atoms with Gasteiger partial charge in [-0.2, -0.15) is 0 Å². The summed E-state index contributed by atoms with van der Waals surface area (Å²) < 4.78 is 0. The molecule has 1 aromatic heterocycles. The molecule has 6 nitrogen and oxygen atoms in total. The van der Waals surface area contributed by atoms with Gasteiger partial charge in [-0.3, -0.25) is 9.69 Å². The number of para-hydroxylation sites is 1. The van der Waals surface area contributed by atoms with Gasteiger partial charge in [-0.1, -0.05) is 18.2 Å². The fourth-order valence-electron chi connectivity index (χ4n) is 3.18. The number of benzene rings is 1. The number of carbonyl (C=O) groups is 1. The molecule has 25 heavy (non-hydrogen) atoms. The summed E-state index contributed by atoms with van der Waals surface area (Å²) in [5.74, 6) is 0.921. The molecule has 132 valence electrons. The average molecular weight is 339 g/mol. The van der Waals surface area contributed by atoms with Crippen LogP contribution in [0.1, 0.15) is 12.5 Å². The lowest BCUT2D eigenvalue weighted by atomic mass is 10.1. The summed E-state index contributed by atoms with van der Waals surface area (Å²) in [5.41, 5.74) is 2.13. The second-order valence-electron chi connectivity index (χ2n) is 6.24. The summed E-state index contributed by atoms with van der Waals surface area (Å²) in [6, 6.07) is 9.87. The van der Waals surface area contributed by atoms with E-state index in [2.05, 4.69) is 19.8 Å². The van der Waals surface area contributed by atoms with Crippen LogP contribution in [0, 0.1) is 6.92 Å². The zero-order valence-corrected chi connectivity index (χ0v) is 14.9. The first-order valence-electron chi connectivity index (χ1n) is 8.79. The molecule has 0 spiro atoms. The molecule has 3 rings (SSSR count). The number of aromatic nitrogens is 2. The second kappa shape index (κ2) is 8.07. The molecule has 0 radical (unpaired) electrons. The molecule has 0 saturated carbocycles. The third-order valence-electron chi connectivity index (χ3n) is 4.59. The van der Waals surface area contributed by atoms with Gasteiger partial charge in [0.2, 0.25) is 11.9 Å². The summed E-state index contributed by atoms with van der Waals surface area (Å²) in [4.78, 5) is 27.6. The largest absolute Gasteiger partial charge is 0.338 e. The minimum absolute atomic E-state index is 0.154. The van der Waals surface area contributed by atoms with Crippen molar-refractivity contribution in [3.63, 3.8) is 0 Å². The molecule has 2 aromatic rings. The summed E-state index contributed by atoms with van der Waals surface area (Å²) in [7, 11) is 0. The highest BCUT2D eigenvalue weighted by Gasteiger charge is 2.23. The standard InChI is InChI=1S/C19H25N5O/c1-3-24(17-8-5-4-7-16(17)2)18(25)15-22-11-13-23(14-12-22)19-20-9-6-10-21-19/h4-10H,3,11-15H2,1-2H3. The van der Waals surface area contributed by atoms with E-state index in [1.807, 2.05) is 49.1 Å². The molecule has 1 aliphatic heterocycles. The molecule has 0 unspecified atom stereocenters. The van der Waals surface area contributed by atoms with Crippen LogP contribution in [0.2, 0.25) is 0 Å². The molecule has 1 saturated heterocycles. The normalized spacial score (nSPS) is 15.2. The minimum Gasteiger partial charge on any atom is -0.338 e. The number of hydrogen-bond acceptors (Lipinski definition) is 5. The lowest BCUT2D eigenvalue weighted by Crippen LogP contribution is -2.50. The number of rotatable bonds is 5. The Hall–Kier alpha value is -2.47. The van der Waals surface area contributed by atoms with Crippen LogP contribution in [0.3, 0.4) is 0 Å². The first-order chi connectivity index (χ1) is 12.2. The predicted octanol–water partition coefficient (Wildman–Crippen LogP) is 1.96. The Kier molecular flexibility index (Phi) is 5.60. The second-order valence-corrected chi connectivity index (χ2v) is 6.24. The Morgan fingerprint density at radius 1 is 1.08 bits per heavy atom. The molecular weight excluding hydrogens is 314 g/mol. The fourth-order valence-corrected chi connectivity index (χ4v) is 3.18. The highest BCUT2D eigenvalue weighted by atomic mass is 16.2. The van der Waals surface area contributed by atoms with Crippen molar-refractivity contribution in [2.75, 3.05) is 49.1 Å². The van der Waals surface area contributed by atoms with Gasteiger partial charge >= 0.3 is 0 Å². The Bertz CT molecular complexity index is 698. The van der Waals surface area contributed by atoms with Crippen molar-refractivity contribution in [1.29, 1.82) is 0 Å². The van der Waals surface area contributed by atoms with Gasteiger partial charge in [0.1, 0.15) is 0 Å². The van der Waals surface area contributed by atoms with E-state index >= 15 is 0 Å². The molecule has 1 amide bonds. The first-order valence-corrected chi connectivity index (χ1v) is 8.79. The van der Waals surface area contributed by atoms with Crippen molar-refractivity contribution >= 4 is 17.5 Å². The third-order valence-corrected chi connectivity index (χ3v) is 4.59. The van der Waals surface area contributed by atoms with Gasteiger partial charge in [0.15, 0.2) is 0 Å². The van der Waals surface area contributed by atoms with Crippen molar-refractivity contribution in [2.45, 2.75) is 13.8 Å². The summed E-state index contributed by atoms with van der Waals surface area (Å²) in [6.45, 7) is 8.57. The number of piperazine rings is 1. The maximum atomic E-state index is 12.8. The van der Waals surface area contributed by atoms with Crippen molar-refractivity contribution in [1.82, 2.24) is 14.9 Å². The molecule has 1 fully saturated rings. The number of amides is 1. The zero-order valence-electron chi connectivity index (χ0n) is 14.9. The van der Waals surface area contributed by atoms with Crippen molar-refractivity contribution < 1.29 is 4.79 Å². The van der Waals surface area contributed by atoms with E-state index in [9.17, 15) is 4.79 Å². The van der Waals surface area contributed by atoms with Crippen LogP contribution >= 0.6 is 0 Å². The number of aryl methyl sites for hydroxylation is 1. The van der Waals surface area contributed by atoms with E-state index in [1.54, 1.807) is 12.4 Å². The van der Waals surface area contributed by atoms with Crippen LogP contribution in [-0.4, -0.2) is 60.0 Å². The van der Waals surface area contributed by atoms with E-state index in [0.29, 0.717) is 13.1 Å². The monoisotopic (exact) mass is 339 g/mol. The third kappa shape index (κ3) is 4.14. The van der Waals surface area contributed by atoms with Crippen LogP contribution in [0.5, 0.6) is 0 Å². The maximum absolute atomic E-state index is 12.8. The average Bonchev–Trinajstić information content (AvgIpc) is 2.65. The summed E-state index contributed by atoms with van der Waals surface area (Å²) in [6.07, 6.45) is 3.53. The van der Waals surface area contributed by atoms with E-state index < -0.39 is 0 Å².